The second kappa shape index (κ2) is 8.16. The van der Waals surface area contributed by atoms with Gasteiger partial charge in [-0.2, -0.15) is 0 Å². The molecular weight excluding hydrogens is 398 g/mol. The van der Waals surface area contributed by atoms with Gasteiger partial charge in [-0.05, 0) is 30.9 Å². The van der Waals surface area contributed by atoms with Crippen LogP contribution in [-0.4, -0.2) is 47.0 Å². The van der Waals surface area contributed by atoms with E-state index < -0.39 is 0 Å². The number of aromatic nitrogens is 3. The van der Waals surface area contributed by atoms with Crippen molar-refractivity contribution in [3.8, 4) is 0 Å². The predicted octanol–water partition coefficient (Wildman–Crippen LogP) is 3.00. The van der Waals surface area contributed by atoms with Crippen LogP contribution in [0.25, 0.3) is 10.2 Å². The first-order chi connectivity index (χ1) is 14.7. The topological polar surface area (TPSA) is 109 Å². The summed E-state index contributed by atoms with van der Waals surface area (Å²) in [4.78, 5) is 28.7. The van der Waals surface area contributed by atoms with Gasteiger partial charge in [0.2, 0.25) is 5.95 Å². The van der Waals surface area contributed by atoms with E-state index in [1.165, 1.54) is 24.2 Å². The molecule has 3 aromatic rings. The first kappa shape index (κ1) is 19.2. The van der Waals surface area contributed by atoms with Gasteiger partial charge in [-0.25, -0.2) is 15.0 Å². The number of nitrogens with two attached hydrogens (primary N) is 1. The van der Waals surface area contributed by atoms with Gasteiger partial charge in [0.1, 0.15) is 5.82 Å². The first-order valence-corrected chi connectivity index (χ1v) is 11.3. The van der Waals surface area contributed by atoms with Gasteiger partial charge in [-0.1, -0.05) is 12.8 Å². The number of nitrogens with one attached hydrogen (secondary N) is 2. The van der Waals surface area contributed by atoms with E-state index in [0.29, 0.717) is 22.6 Å². The van der Waals surface area contributed by atoms with Crippen LogP contribution in [0.4, 0.5) is 17.5 Å². The maximum Gasteiger partial charge on any atom is 0.259 e. The molecular formula is C21H25N7OS. The van der Waals surface area contributed by atoms with Crippen molar-refractivity contribution >= 4 is 44.9 Å². The summed E-state index contributed by atoms with van der Waals surface area (Å²) in [5.41, 5.74) is 8.64. The third kappa shape index (κ3) is 3.70. The summed E-state index contributed by atoms with van der Waals surface area (Å²) >= 11 is 1.40. The molecule has 1 aliphatic carbocycles. The quantitative estimate of drug-likeness (QED) is 0.579. The summed E-state index contributed by atoms with van der Waals surface area (Å²) in [5, 5.41) is 6.56. The molecule has 9 heteroatoms. The summed E-state index contributed by atoms with van der Waals surface area (Å²) in [6.45, 7) is 3.95. The van der Waals surface area contributed by atoms with Crippen LogP contribution in [0.2, 0.25) is 0 Å². The number of pyridine rings is 1. The lowest BCUT2D eigenvalue weighted by Crippen LogP contribution is -2.43. The van der Waals surface area contributed by atoms with Gasteiger partial charge in [0, 0.05) is 31.7 Å². The highest BCUT2D eigenvalue weighted by Crippen LogP contribution is 2.42. The number of amides is 1. The molecule has 1 saturated heterocycles. The molecule has 4 N–H and O–H groups in total. The number of anilines is 3. The van der Waals surface area contributed by atoms with Gasteiger partial charge < -0.3 is 21.3 Å². The SMILES string of the molecule is NC(=O)c1sc2cnc(Nc3ccc(N4CCNCC4)cn3)nc2c1C1CCCC1. The van der Waals surface area contributed by atoms with Crippen molar-refractivity contribution in [1.29, 1.82) is 0 Å². The first-order valence-electron chi connectivity index (χ1n) is 10.5. The zero-order valence-electron chi connectivity index (χ0n) is 16.7. The van der Waals surface area contributed by atoms with Crippen molar-refractivity contribution in [3.05, 3.63) is 35.0 Å². The highest BCUT2D eigenvalue weighted by Gasteiger charge is 2.27. The van der Waals surface area contributed by atoms with Crippen LogP contribution in [0.15, 0.2) is 24.5 Å². The van der Waals surface area contributed by atoms with Gasteiger partial charge in [-0.3, -0.25) is 4.79 Å². The molecule has 0 unspecified atom stereocenters. The third-order valence-corrected chi connectivity index (χ3v) is 7.07. The van der Waals surface area contributed by atoms with Crippen molar-refractivity contribution in [2.45, 2.75) is 31.6 Å². The molecule has 1 saturated carbocycles. The average Bonchev–Trinajstić information content (AvgIpc) is 3.42. The Hall–Kier alpha value is -2.78. The lowest BCUT2D eigenvalue weighted by atomic mass is 9.97. The minimum Gasteiger partial charge on any atom is -0.368 e. The smallest absolute Gasteiger partial charge is 0.259 e. The molecule has 5 rings (SSSR count). The summed E-state index contributed by atoms with van der Waals surface area (Å²) in [6.07, 6.45) is 8.17. The minimum absolute atomic E-state index is 0.348. The van der Waals surface area contributed by atoms with Crippen LogP contribution in [0, 0.1) is 0 Å². The average molecular weight is 424 g/mol. The molecule has 2 fully saturated rings. The highest BCUT2D eigenvalue weighted by molar-refractivity contribution is 7.21. The Morgan fingerprint density at radius 3 is 2.67 bits per heavy atom. The zero-order valence-corrected chi connectivity index (χ0v) is 17.5. The number of rotatable bonds is 5. The normalized spacial score (nSPS) is 17.5. The van der Waals surface area contributed by atoms with Crippen molar-refractivity contribution in [2.75, 3.05) is 36.4 Å². The van der Waals surface area contributed by atoms with E-state index in [-0.39, 0.29) is 5.91 Å². The van der Waals surface area contributed by atoms with E-state index in [1.54, 1.807) is 6.20 Å². The fourth-order valence-corrected chi connectivity index (χ4v) is 5.48. The van der Waals surface area contributed by atoms with Crippen molar-refractivity contribution in [3.63, 3.8) is 0 Å². The van der Waals surface area contributed by atoms with Crippen LogP contribution in [0.5, 0.6) is 0 Å². The second-order valence-corrected chi connectivity index (χ2v) is 8.91. The third-order valence-electron chi connectivity index (χ3n) is 5.92. The maximum atomic E-state index is 12.0. The van der Waals surface area contributed by atoms with Gasteiger partial charge >= 0.3 is 0 Å². The molecule has 0 radical (unpaired) electrons. The number of carbonyl (C=O) groups is 1. The van der Waals surface area contributed by atoms with Gasteiger partial charge in [-0.15, -0.1) is 11.3 Å². The molecule has 4 heterocycles. The van der Waals surface area contributed by atoms with E-state index in [9.17, 15) is 4.79 Å². The van der Waals surface area contributed by atoms with Crippen LogP contribution < -0.4 is 21.3 Å². The Bertz CT molecular complexity index is 1050. The molecule has 2 aliphatic rings. The molecule has 0 spiro atoms. The van der Waals surface area contributed by atoms with E-state index in [2.05, 4.69) is 31.6 Å². The lowest BCUT2D eigenvalue weighted by molar-refractivity contribution is 0.100. The van der Waals surface area contributed by atoms with Crippen LogP contribution in [0.3, 0.4) is 0 Å². The molecule has 8 nitrogen and oxygen atoms in total. The van der Waals surface area contributed by atoms with Crippen LogP contribution in [-0.2, 0) is 0 Å². The largest absolute Gasteiger partial charge is 0.368 e. The van der Waals surface area contributed by atoms with Crippen molar-refractivity contribution in [1.82, 2.24) is 20.3 Å². The van der Waals surface area contributed by atoms with E-state index >= 15 is 0 Å². The molecule has 30 heavy (non-hydrogen) atoms. The Kier molecular flexibility index (Phi) is 5.22. The van der Waals surface area contributed by atoms with E-state index in [1.807, 2.05) is 12.3 Å². The molecule has 1 aliphatic heterocycles. The number of hydrogen-bond acceptors (Lipinski definition) is 8. The lowest BCUT2D eigenvalue weighted by Gasteiger charge is -2.29. The Balaban J connectivity index is 1.42. The number of fused-ring (bicyclic) bond motifs is 1. The van der Waals surface area contributed by atoms with E-state index in [0.717, 1.165) is 60.5 Å². The summed E-state index contributed by atoms with van der Waals surface area (Å²) in [6, 6.07) is 4.02. The molecule has 1 amide bonds. The second-order valence-electron chi connectivity index (χ2n) is 7.86. The Morgan fingerprint density at radius 1 is 1.17 bits per heavy atom. The molecule has 0 bridgehead atoms. The van der Waals surface area contributed by atoms with Crippen molar-refractivity contribution < 1.29 is 4.79 Å². The number of piperazine rings is 1. The van der Waals surface area contributed by atoms with Gasteiger partial charge in [0.05, 0.1) is 33.2 Å². The Morgan fingerprint density at radius 2 is 1.97 bits per heavy atom. The summed E-state index contributed by atoms with van der Waals surface area (Å²) in [7, 11) is 0. The highest BCUT2D eigenvalue weighted by atomic mass is 32.1. The van der Waals surface area contributed by atoms with Gasteiger partial charge in [0.25, 0.3) is 5.91 Å². The van der Waals surface area contributed by atoms with Gasteiger partial charge in [0.15, 0.2) is 0 Å². The number of primary amides is 1. The number of thiophene rings is 1. The monoisotopic (exact) mass is 423 g/mol. The van der Waals surface area contributed by atoms with Crippen molar-refractivity contribution in [2.24, 2.45) is 5.73 Å². The molecule has 156 valence electrons. The molecule has 0 atom stereocenters. The molecule has 0 aromatic carbocycles. The molecule has 3 aromatic heterocycles. The zero-order chi connectivity index (χ0) is 20.5. The predicted molar refractivity (Wildman–Crippen MR) is 120 cm³/mol. The summed E-state index contributed by atoms with van der Waals surface area (Å²) < 4.78 is 0.901. The standard InChI is InChI=1S/C21H25N7OS/c22-20(29)19-17(13-3-1-2-4-13)18-15(30-19)12-25-21(27-18)26-16-6-5-14(11-24-16)28-9-7-23-8-10-28/h5-6,11-13,23H,1-4,7-10H2,(H2,22,29)(H,24,25,26,27). The van der Waals surface area contributed by atoms with E-state index in [4.69, 9.17) is 10.7 Å². The number of carbonyl (C=O) groups excluding carboxylic acids is 1. The fraction of sp³-hybridized carbons (Fsp3) is 0.429. The number of nitrogens with zero attached hydrogens (tertiary/aromatic N) is 4. The van der Waals surface area contributed by atoms with Crippen LogP contribution in [0.1, 0.15) is 46.8 Å². The number of hydrogen-bond donors (Lipinski definition) is 3. The fourth-order valence-electron chi connectivity index (χ4n) is 4.43. The Labute approximate surface area is 178 Å². The minimum atomic E-state index is -0.375. The maximum absolute atomic E-state index is 12.0. The summed E-state index contributed by atoms with van der Waals surface area (Å²) in [5.74, 6) is 1.15. The van der Waals surface area contributed by atoms with Crippen LogP contribution >= 0.6 is 11.3 Å².